The van der Waals surface area contributed by atoms with Gasteiger partial charge in [-0.15, -0.1) is 0 Å². The summed E-state index contributed by atoms with van der Waals surface area (Å²) in [5.41, 5.74) is 7.47. The van der Waals surface area contributed by atoms with Crippen molar-refractivity contribution in [1.82, 2.24) is 0 Å². The molecule has 3 N–H and O–H groups in total. The first kappa shape index (κ1) is 15.8. The molecule has 0 amide bonds. The third-order valence-corrected chi connectivity index (χ3v) is 4.19. The first-order chi connectivity index (χ1) is 8.90. The van der Waals surface area contributed by atoms with Gasteiger partial charge < -0.3 is 15.8 Å². The molecular weight excluding hydrogens is 260 g/mol. The van der Waals surface area contributed by atoms with Gasteiger partial charge in [-0.25, -0.2) is 0 Å². The van der Waals surface area contributed by atoms with E-state index in [2.05, 4.69) is 5.32 Å². The first-order valence-electron chi connectivity index (χ1n) is 6.52. The molecular formula is C14H24N2O2S. The van der Waals surface area contributed by atoms with E-state index in [0.717, 1.165) is 18.7 Å². The van der Waals surface area contributed by atoms with Crippen molar-refractivity contribution in [2.45, 2.75) is 38.5 Å². The van der Waals surface area contributed by atoms with Gasteiger partial charge in [-0.3, -0.25) is 4.21 Å². The smallest absolute Gasteiger partial charge is 0.144 e. The SMILES string of the molecule is CC(C)Oc1cc(NCCC(C)S(C)=O)ccc1N. The summed E-state index contributed by atoms with van der Waals surface area (Å²) in [6.07, 6.45) is 2.70. The monoisotopic (exact) mass is 284 g/mol. The van der Waals surface area contributed by atoms with E-state index in [1.165, 1.54) is 0 Å². The summed E-state index contributed by atoms with van der Waals surface area (Å²) in [7, 11) is -0.769. The minimum Gasteiger partial charge on any atom is -0.489 e. The molecule has 0 aliphatic rings. The van der Waals surface area contributed by atoms with E-state index in [1.807, 2.05) is 39.0 Å². The molecule has 0 spiro atoms. The summed E-state index contributed by atoms with van der Waals surface area (Å²) in [6.45, 7) is 6.72. The fraction of sp³-hybridized carbons (Fsp3) is 0.571. The Morgan fingerprint density at radius 2 is 2.05 bits per heavy atom. The maximum Gasteiger partial charge on any atom is 0.144 e. The minimum atomic E-state index is -0.769. The number of rotatable bonds is 7. The summed E-state index contributed by atoms with van der Waals surface area (Å²) in [6, 6.07) is 5.67. The Morgan fingerprint density at radius 3 is 2.63 bits per heavy atom. The van der Waals surface area contributed by atoms with Gasteiger partial charge in [-0.2, -0.15) is 0 Å². The van der Waals surface area contributed by atoms with Crippen LogP contribution in [-0.2, 0) is 10.8 Å². The van der Waals surface area contributed by atoms with Gasteiger partial charge in [0.05, 0.1) is 11.8 Å². The van der Waals surface area contributed by atoms with Gasteiger partial charge in [0.1, 0.15) is 5.75 Å². The van der Waals surface area contributed by atoms with Gasteiger partial charge in [0.15, 0.2) is 0 Å². The number of anilines is 2. The summed E-state index contributed by atoms with van der Waals surface area (Å²) < 4.78 is 16.9. The van der Waals surface area contributed by atoms with Crippen molar-refractivity contribution in [3.8, 4) is 5.75 Å². The van der Waals surface area contributed by atoms with Gasteiger partial charge in [0, 0.05) is 40.6 Å². The van der Waals surface area contributed by atoms with Crippen molar-refractivity contribution in [2.24, 2.45) is 0 Å². The second-order valence-corrected chi connectivity index (χ2v) is 6.75. The highest BCUT2D eigenvalue weighted by molar-refractivity contribution is 7.84. The van der Waals surface area contributed by atoms with E-state index in [1.54, 1.807) is 6.26 Å². The molecule has 0 aliphatic heterocycles. The van der Waals surface area contributed by atoms with Gasteiger partial charge in [0.2, 0.25) is 0 Å². The molecule has 19 heavy (non-hydrogen) atoms. The lowest BCUT2D eigenvalue weighted by Crippen LogP contribution is -2.15. The van der Waals surface area contributed by atoms with Crippen LogP contribution in [0.1, 0.15) is 27.2 Å². The maximum absolute atomic E-state index is 11.3. The van der Waals surface area contributed by atoms with Crippen LogP contribution in [-0.4, -0.2) is 28.4 Å². The van der Waals surface area contributed by atoms with E-state index in [9.17, 15) is 4.21 Å². The van der Waals surface area contributed by atoms with Crippen LogP contribution in [0.4, 0.5) is 11.4 Å². The largest absolute Gasteiger partial charge is 0.489 e. The van der Waals surface area contributed by atoms with E-state index in [0.29, 0.717) is 11.4 Å². The fourth-order valence-electron chi connectivity index (χ4n) is 1.59. The molecule has 108 valence electrons. The first-order valence-corrected chi connectivity index (χ1v) is 8.14. The molecule has 2 unspecified atom stereocenters. The molecule has 1 aromatic rings. The molecule has 0 aromatic heterocycles. The summed E-state index contributed by atoms with van der Waals surface area (Å²) in [5.74, 6) is 0.701. The lowest BCUT2D eigenvalue weighted by Gasteiger charge is -2.15. The Balaban J connectivity index is 2.57. The Morgan fingerprint density at radius 1 is 1.37 bits per heavy atom. The summed E-state index contributed by atoms with van der Waals surface area (Å²) in [5, 5.41) is 3.50. The molecule has 0 bridgehead atoms. The van der Waals surface area contributed by atoms with Crippen molar-refractivity contribution in [3.63, 3.8) is 0 Å². The average molecular weight is 284 g/mol. The molecule has 0 fully saturated rings. The normalized spacial score (nSPS) is 14.2. The van der Waals surface area contributed by atoms with Crippen LogP contribution >= 0.6 is 0 Å². The summed E-state index contributed by atoms with van der Waals surface area (Å²) >= 11 is 0. The third-order valence-electron chi connectivity index (χ3n) is 2.82. The van der Waals surface area contributed by atoms with Gasteiger partial charge in [0.25, 0.3) is 0 Å². The second-order valence-electron chi connectivity index (χ2n) is 4.94. The van der Waals surface area contributed by atoms with Crippen LogP contribution in [0.2, 0.25) is 0 Å². The number of hydrogen-bond acceptors (Lipinski definition) is 4. The van der Waals surface area contributed by atoms with E-state index in [-0.39, 0.29) is 11.4 Å². The topological polar surface area (TPSA) is 64.3 Å². The van der Waals surface area contributed by atoms with Crippen LogP contribution in [0.15, 0.2) is 18.2 Å². The molecule has 0 saturated heterocycles. The molecule has 1 aromatic carbocycles. The molecule has 2 atom stereocenters. The quantitative estimate of drug-likeness (QED) is 0.755. The van der Waals surface area contributed by atoms with Gasteiger partial charge >= 0.3 is 0 Å². The number of ether oxygens (including phenoxy) is 1. The van der Waals surface area contributed by atoms with E-state index >= 15 is 0 Å². The molecule has 0 radical (unpaired) electrons. The van der Waals surface area contributed by atoms with E-state index < -0.39 is 10.8 Å². The molecule has 1 rings (SSSR count). The zero-order valence-corrected chi connectivity index (χ0v) is 12.9. The Labute approximate surface area is 118 Å². The van der Waals surface area contributed by atoms with Crippen molar-refractivity contribution < 1.29 is 8.95 Å². The van der Waals surface area contributed by atoms with Gasteiger partial charge in [-0.05, 0) is 32.4 Å². The number of nitrogens with two attached hydrogens (primary N) is 1. The predicted molar refractivity (Wildman–Crippen MR) is 83.3 cm³/mol. The molecule has 4 nitrogen and oxygen atoms in total. The number of benzene rings is 1. The Kier molecular flexibility index (Phi) is 6.15. The van der Waals surface area contributed by atoms with Crippen LogP contribution < -0.4 is 15.8 Å². The van der Waals surface area contributed by atoms with Crippen LogP contribution in [0.5, 0.6) is 5.75 Å². The van der Waals surface area contributed by atoms with Crippen molar-refractivity contribution in [2.75, 3.05) is 23.9 Å². The third kappa shape index (κ3) is 5.51. The van der Waals surface area contributed by atoms with Crippen molar-refractivity contribution >= 4 is 22.2 Å². The molecule has 5 heteroatoms. The van der Waals surface area contributed by atoms with Crippen LogP contribution in [0.3, 0.4) is 0 Å². The van der Waals surface area contributed by atoms with Crippen LogP contribution in [0.25, 0.3) is 0 Å². The molecule has 0 heterocycles. The lowest BCUT2D eigenvalue weighted by atomic mass is 10.2. The summed E-state index contributed by atoms with van der Waals surface area (Å²) in [4.78, 5) is 0. The van der Waals surface area contributed by atoms with Crippen molar-refractivity contribution in [1.29, 1.82) is 0 Å². The highest BCUT2D eigenvalue weighted by atomic mass is 32.2. The Hall–Kier alpha value is -1.23. The number of nitrogens with one attached hydrogen (secondary N) is 1. The molecule has 0 aliphatic carbocycles. The number of nitrogen functional groups attached to an aromatic ring is 1. The zero-order valence-electron chi connectivity index (χ0n) is 12.1. The Bertz CT molecular complexity index is 435. The zero-order chi connectivity index (χ0) is 14.4. The van der Waals surface area contributed by atoms with Crippen molar-refractivity contribution in [3.05, 3.63) is 18.2 Å². The molecule has 0 saturated carbocycles. The van der Waals surface area contributed by atoms with Crippen LogP contribution in [0, 0.1) is 0 Å². The van der Waals surface area contributed by atoms with Gasteiger partial charge in [-0.1, -0.05) is 6.92 Å². The lowest BCUT2D eigenvalue weighted by molar-refractivity contribution is 0.244. The number of hydrogen-bond donors (Lipinski definition) is 2. The maximum atomic E-state index is 11.3. The second kappa shape index (κ2) is 7.38. The fourth-order valence-corrected chi connectivity index (χ4v) is 2.04. The minimum absolute atomic E-state index is 0.0973. The highest BCUT2D eigenvalue weighted by Gasteiger charge is 2.07. The average Bonchev–Trinajstić information content (AvgIpc) is 2.32. The predicted octanol–water partition coefficient (Wildman–Crippen LogP) is 2.62. The van der Waals surface area contributed by atoms with E-state index in [4.69, 9.17) is 10.5 Å². The standard InChI is InChI=1S/C14H24N2O2S/c1-10(2)18-14-9-12(5-6-13(14)15)16-8-7-11(3)19(4)17/h5-6,9-11,16H,7-8,15H2,1-4H3. The highest BCUT2D eigenvalue weighted by Crippen LogP contribution is 2.26.